The molecule has 1 saturated heterocycles. The third kappa shape index (κ3) is 3.99. The van der Waals surface area contributed by atoms with Crippen LogP contribution in [0.5, 0.6) is 0 Å². The standard InChI is InChI=1S/C23H26N4O/c1-16-14-22(20-10-6-7-11-21(20)24-16)26-23(28)25-19-12-13-27(15-19)17(2)18-8-4-3-5-9-18/h3-11,14,17,19H,12-13,15H2,1-2H3,(H2,24,25,26,28). The topological polar surface area (TPSA) is 57.3 Å². The summed E-state index contributed by atoms with van der Waals surface area (Å²) in [6.07, 6.45) is 0.959. The summed E-state index contributed by atoms with van der Waals surface area (Å²) in [5.41, 5.74) is 3.89. The number of benzene rings is 2. The molecule has 2 heterocycles. The van der Waals surface area contributed by atoms with Crippen molar-refractivity contribution in [3.05, 3.63) is 71.9 Å². The number of nitrogens with one attached hydrogen (secondary N) is 2. The number of para-hydroxylation sites is 1. The van der Waals surface area contributed by atoms with E-state index in [0.29, 0.717) is 6.04 Å². The minimum atomic E-state index is -0.157. The Morgan fingerprint density at radius 3 is 2.71 bits per heavy atom. The van der Waals surface area contributed by atoms with E-state index in [2.05, 4.69) is 51.7 Å². The zero-order valence-electron chi connectivity index (χ0n) is 16.4. The van der Waals surface area contributed by atoms with Gasteiger partial charge in [-0.1, -0.05) is 48.5 Å². The Hall–Kier alpha value is -2.92. The predicted octanol–water partition coefficient (Wildman–Crippen LogP) is 4.50. The molecular weight excluding hydrogens is 348 g/mol. The number of hydrogen-bond donors (Lipinski definition) is 2. The lowest BCUT2D eigenvalue weighted by Crippen LogP contribution is -2.40. The summed E-state index contributed by atoms with van der Waals surface area (Å²) in [6.45, 7) is 6.01. The van der Waals surface area contributed by atoms with Crippen molar-refractivity contribution in [1.82, 2.24) is 15.2 Å². The summed E-state index contributed by atoms with van der Waals surface area (Å²) in [5.74, 6) is 0. The van der Waals surface area contributed by atoms with Crippen LogP contribution in [0.1, 0.15) is 30.6 Å². The van der Waals surface area contributed by atoms with E-state index in [0.717, 1.165) is 41.8 Å². The molecule has 1 fully saturated rings. The molecule has 0 saturated carbocycles. The highest BCUT2D eigenvalue weighted by Crippen LogP contribution is 2.25. The van der Waals surface area contributed by atoms with Crippen molar-refractivity contribution in [2.45, 2.75) is 32.4 Å². The molecule has 144 valence electrons. The van der Waals surface area contributed by atoms with Crippen molar-refractivity contribution in [2.24, 2.45) is 0 Å². The number of rotatable bonds is 4. The second-order valence-electron chi connectivity index (χ2n) is 7.49. The van der Waals surface area contributed by atoms with Gasteiger partial charge in [-0.15, -0.1) is 0 Å². The quantitative estimate of drug-likeness (QED) is 0.707. The largest absolute Gasteiger partial charge is 0.334 e. The molecule has 2 unspecified atom stereocenters. The molecule has 3 aromatic rings. The van der Waals surface area contributed by atoms with E-state index in [9.17, 15) is 4.79 Å². The van der Waals surface area contributed by atoms with Crippen LogP contribution in [-0.4, -0.2) is 35.0 Å². The van der Waals surface area contributed by atoms with Crippen molar-refractivity contribution >= 4 is 22.6 Å². The van der Waals surface area contributed by atoms with Gasteiger partial charge in [-0.3, -0.25) is 9.88 Å². The first-order chi connectivity index (χ1) is 13.6. The minimum absolute atomic E-state index is 0.153. The summed E-state index contributed by atoms with van der Waals surface area (Å²) in [7, 11) is 0. The zero-order valence-corrected chi connectivity index (χ0v) is 16.4. The predicted molar refractivity (Wildman–Crippen MR) is 113 cm³/mol. The van der Waals surface area contributed by atoms with Crippen LogP contribution in [0.15, 0.2) is 60.7 Å². The highest BCUT2D eigenvalue weighted by atomic mass is 16.2. The van der Waals surface area contributed by atoms with Gasteiger partial charge >= 0.3 is 6.03 Å². The molecule has 1 aromatic heterocycles. The molecule has 2 atom stereocenters. The number of nitrogens with zero attached hydrogens (tertiary/aromatic N) is 2. The van der Waals surface area contributed by atoms with Gasteiger partial charge in [-0.05, 0) is 38.0 Å². The number of likely N-dealkylation sites (tertiary alicyclic amines) is 1. The number of carbonyl (C=O) groups is 1. The van der Waals surface area contributed by atoms with Crippen LogP contribution in [-0.2, 0) is 0 Å². The third-order valence-electron chi connectivity index (χ3n) is 5.48. The summed E-state index contributed by atoms with van der Waals surface area (Å²) >= 11 is 0. The summed E-state index contributed by atoms with van der Waals surface area (Å²) in [5, 5.41) is 7.11. The maximum absolute atomic E-state index is 12.6. The molecule has 5 nitrogen and oxygen atoms in total. The van der Waals surface area contributed by atoms with Crippen molar-refractivity contribution in [2.75, 3.05) is 18.4 Å². The Kier molecular flexibility index (Phi) is 5.26. The van der Waals surface area contributed by atoms with E-state index in [1.165, 1.54) is 5.56 Å². The highest BCUT2D eigenvalue weighted by Gasteiger charge is 2.27. The molecule has 1 aliphatic rings. The molecule has 4 rings (SSSR count). The number of hydrogen-bond acceptors (Lipinski definition) is 3. The molecule has 0 bridgehead atoms. The van der Waals surface area contributed by atoms with Crippen LogP contribution in [0.3, 0.4) is 0 Å². The van der Waals surface area contributed by atoms with Gasteiger partial charge < -0.3 is 10.6 Å². The Morgan fingerprint density at radius 1 is 1.14 bits per heavy atom. The van der Waals surface area contributed by atoms with Gasteiger partial charge in [-0.25, -0.2) is 4.79 Å². The number of anilines is 1. The number of aromatic nitrogens is 1. The fraction of sp³-hybridized carbons (Fsp3) is 0.304. The summed E-state index contributed by atoms with van der Waals surface area (Å²) in [6, 6.07) is 20.6. The van der Waals surface area contributed by atoms with Crippen LogP contribution in [0.2, 0.25) is 0 Å². The molecule has 0 radical (unpaired) electrons. The zero-order chi connectivity index (χ0) is 19.5. The number of pyridine rings is 1. The van der Waals surface area contributed by atoms with Crippen LogP contribution in [0.25, 0.3) is 10.9 Å². The fourth-order valence-corrected chi connectivity index (χ4v) is 3.95. The maximum atomic E-state index is 12.6. The van der Waals surface area contributed by atoms with Gasteiger partial charge in [-0.2, -0.15) is 0 Å². The van der Waals surface area contributed by atoms with Gasteiger partial charge in [0.1, 0.15) is 0 Å². The van der Waals surface area contributed by atoms with Gasteiger partial charge in [0.25, 0.3) is 0 Å². The van der Waals surface area contributed by atoms with Gasteiger partial charge in [0, 0.05) is 36.3 Å². The normalized spacial score (nSPS) is 18.1. The van der Waals surface area contributed by atoms with Crippen LogP contribution >= 0.6 is 0 Å². The molecule has 2 aromatic carbocycles. The molecule has 2 amide bonds. The Bertz CT molecular complexity index is 973. The lowest BCUT2D eigenvalue weighted by atomic mass is 10.1. The summed E-state index contributed by atoms with van der Waals surface area (Å²) in [4.78, 5) is 19.6. The molecule has 28 heavy (non-hydrogen) atoms. The second-order valence-corrected chi connectivity index (χ2v) is 7.49. The Balaban J connectivity index is 1.39. The fourth-order valence-electron chi connectivity index (χ4n) is 3.95. The Morgan fingerprint density at radius 2 is 1.89 bits per heavy atom. The lowest BCUT2D eigenvalue weighted by molar-refractivity contribution is 0.241. The Labute approximate surface area is 165 Å². The molecular formula is C23H26N4O. The van der Waals surface area contributed by atoms with Gasteiger partial charge in [0.05, 0.1) is 11.2 Å². The highest BCUT2D eigenvalue weighted by molar-refractivity contribution is 6.00. The maximum Gasteiger partial charge on any atom is 0.319 e. The van der Waals surface area contributed by atoms with E-state index >= 15 is 0 Å². The summed E-state index contributed by atoms with van der Waals surface area (Å²) < 4.78 is 0. The smallest absolute Gasteiger partial charge is 0.319 e. The third-order valence-corrected chi connectivity index (χ3v) is 5.48. The number of amides is 2. The average Bonchev–Trinajstić information content (AvgIpc) is 3.16. The van der Waals surface area contributed by atoms with Crippen LogP contribution < -0.4 is 10.6 Å². The number of carbonyl (C=O) groups excluding carboxylic acids is 1. The van der Waals surface area contributed by atoms with E-state index in [1.807, 2.05) is 43.3 Å². The first kappa shape index (κ1) is 18.4. The SMILES string of the molecule is Cc1cc(NC(=O)NC2CCN(C(C)c3ccccc3)C2)c2ccccc2n1. The van der Waals surface area contributed by atoms with E-state index in [1.54, 1.807) is 0 Å². The molecule has 5 heteroatoms. The van der Waals surface area contributed by atoms with E-state index < -0.39 is 0 Å². The van der Waals surface area contributed by atoms with Crippen molar-refractivity contribution < 1.29 is 4.79 Å². The molecule has 0 aliphatic carbocycles. The minimum Gasteiger partial charge on any atom is -0.334 e. The first-order valence-corrected chi connectivity index (χ1v) is 9.83. The molecule has 0 spiro atoms. The number of aryl methyl sites for hydroxylation is 1. The van der Waals surface area contributed by atoms with E-state index in [4.69, 9.17) is 0 Å². The van der Waals surface area contributed by atoms with E-state index in [-0.39, 0.29) is 12.1 Å². The number of fused-ring (bicyclic) bond motifs is 1. The molecule has 2 N–H and O–H groups in total. The molecule has 1 aliphatic heterocycles. The van der Waals surface area contributed by atoms with Gasteiger partial charge in [0.2, 0.25) is 0 Å². The number of urea groups is 1. The lowest BCUT2D eigenvalue weighted by Gasteiger charge is -2.24. The van der Waals surface area contributed by atoms with Crippen LogP contribution in [0.4, 0.5) is 10.5 Å². The monoisotopic (exact) mass is 374 g/mol. The van der Waals surface area contributed by atoms with Gasteiger partial charge in [0.15, 0.2) is 0 Å². The first-order valence-electron chi connectivity index (χ1n) is 9.83. The van der Waals surface area contributed by atoms with Crippen LogP contribution in [0, 0.1) is 6.92 Å². The van der Waals surface area contributed by atoms with Crippen molar-refractivity contribution in [1.29, 1.82) is 0 Å². The second kappa shape index (κ2) is 7.98. The van der Waals surface area contributed by atoms with Crippen molar-refractivity contribution in [3.63, 3.8) is 0 Å². The average molecular weight is 374 g/mol. The van der Waals surface area contributed by atoms with Crippen molar-refractivity contribution in [3.8, 4) is 0 Å².